The summed E-state index contributed by atoms with van der Waals surface area (Å²) in [5.74, 6) is 1.05. The quantitative estimate of drug-likeness (QED) is 0.817. The number of benzene rings is 1. The number of carbonyl (C=O) groups is 2. The lowest BCUT2D eigenvalue weighted by molar-refractivity contribution is -0.121. The van der Waals surface area contributed by atoms with Gasteiger partial charge in [0.15, 0.2) is 17.3 Å². The molecule has 24 heavy (non-hydrogen) atoms. The van der Waals surface area contributed by atoms with Crippen molar-refractivity contribution < 1.29 is 19.1 Å². The van der Waals surface area contributed by atoms with E-state index >= 15 is 0 Å². The van der Waals surface area contributed by atoms with Crippen LogP contribution in [-0.2, 0) is 11.3 Å². The molecule has 0 atom stereocenters. The maximum absolute atomic E-state index is 12.2. The van der Waals surface area contributed by atoms with E-state index in [1.165, 1.54) is 4.88 Å². The molecule has 6 heteroatoms. The van der Waals surface area contributed by atoms with E-state index < -0.39 is 0 Å². The third-order valence-electron chi connectivity index (χ3n) is 3.70. The van der Waals surface area contributed by atoms with Gasteiger partial charge in [-0.3, -0.25) is 9.59 Å². The molecule has 0 unspecified atom stereocenters. The van der Waals surface area contributed by atoms with Crippen LogP contribution < -0.4 is 14.8 Å². The lowest BCUT2D eigenvalue weighted by Crippen LogP contribution is -2.22. The molecule has 0 saturated heterocycles. The molecular weight excluding hydrogens is 326 g/mol. The van der Waals surface area contributed by atoms with Gasteiger partial charge in [0, 0.05) is 28.2 Å². The van der Waals surface area contributed by atoms with Crippen LogP contribution in [0, 0.1) is 6.92 Å². The number of hydrogen-bond acceptors (Lipinski definition) is 5. The second kappa shape index (κ2) is 7.49. The normalized spacial score (nSPS) is 12.7. The second-order valence-corrected chi connectivity index (χ2v) is 6.94. The number of fused-ring (bicyclic) bond motifs is 1. The number of ketones is 1. The van der Waals surface area contributed by atoms with Crippen LogP contribution in [0.25, 0.3) is 0 Å². The highest BCUT2D eigenvalue weighted by Crippen LogP contribution is 2.31. The Bertz CT molecular complexity index is 753. The van der Waals surface area contributed by atoms with E-state index in [1.807, 2.05) is 19.1 Å². The average Bonchev–Trinajstić information content (AvgIpc) is 3.02. The summed E-state index contributed by atoms with van der Waals surface area (Å²) in [7, 11) is 0. The zero-order chi connectivity index (χ0) is 16.9. The molecule has 1 aliphatic rings. The number of nitrogens with one attached hydrogen (secondary N) is 1. The van der Waals surface area contributed by atoms with Gasteiger partial charge in [0.05, 0.1) is 6.54 Å². The van der Waals surface area contributed by atoms with E-state index in [0.29, 0.717) is 36.8 Å². The maximum atomic E-state index is 12.2. The summed E-state index contributed by atoms with van der Waals surface area (Å²) in [5.41, 5.74) is 0.543. The van der Waals surface area contributed by atoms with Crippen LogP contribution in [0.3, 0.4) is 0 Å². The van der Waals surface area contributed by atoms with Gasteiger partial charge in [-0.1, -0.05) is 0 Å². The minimum Gasteiger partial charge on any atom is -0.486 e. The van der Waals surface area contributed by atoms with Crippen LogP contribution in [0.4, 0.5) is 0 Å². The highest BCUT2D eigenvalue weighted by molar-refractivity contribution is 7.11. The molecule has 5 nitrogen and oxygen atoms in total. The molecule has 0 spiro atoms. The fourth-order valence-electron chi connectivity index (χ4n) is 2.44. The fraction of sp³-hybridized carbons (Fsp3) is 0.333. The number of Topliss-reactive ketones (excluding diaryl/α,β-unsaturated/α-hetero) is 1. The molecular formula is C18H19NO4S. The highest BCUT2D eigenvalue weighted by atomic mass is 32.1. The number of amides is 1. The average molecular weight is 345 g/mol. The minimum atomic E-state index is -0.119. The molecule has 1 aromatic carbocycles. The molecule has 0 aliphatic carbocycles. The summed E-state index contributed by atoms with van der Waals surface area (Å²) >= 11 is 1.66. The van der Waals surface area contributed by atoms with E-state index in [-0.39, 0.29) is 24.5 Å². The molecule has 0 fully saturated rings. The Morgan fingerprint density at radius 2 is 1.88 bits per heavy atom. The largest absolute Gasteiger partial charge is 0.486 e. The Kier molecular flexibility index (Phi) is 5.15. The molecule has 2 aromatic rings. The molecule has 1 amide bonds. The summed E-state index contributed by atoms with van der Waals surface area (Å²) in [4.78, 5) is 26.5. The third-order valence-corrected chi connectivity index (χ3v) is 4.70. The van der Waals surface area contributed by atoms with Gasteiger partial charge in [0.2, 0.25) is 5.91 Å². The van der Waals surface area contributed by atoms with Gasteiger partial charge >= 0.3 is 0 Å². The zero-order valence-corrected chi connectivity index (χ0v) is 14.3. The number of carbonyl (C=O) groups excluding carboxylic acids is 2. The third kappa shape index (κ3) is 4.14. The van der Waals surface area contributed by atoms with Gasteiger partial charge in [0.25, 0.3) is 0 Å². The first-order valence-electron chi connectivity index (χ1n) is 7.87. The predicted molar refractivity (Wildman–Crippen MR) is 91.9 cm³/mol. The summed E-state index contributed by atoms with van der Waals surface area (Å²) in [6, 6.07) is 9.16. The Morgan fingerprint density at radius 1 is 1.08 bits per heavy atom. The monoisotopic (exact) mass is 345 g/mol. The van der Waals surface area contributed by atoms with Crippen molar-refractivity contribution in [2.24, 2.45) is 0 Å². The van der Waals surface area contributed by atoms with Gasteiger partial charge in [-0.05, 0) is 37.3 Å². The SMILES string of the molecule is Cc1ccc(CNC(=O)CCC(=O)c2ccc3c(c2)OCCO3)s1. The number of rotatable bonds is 6. The Hall–Kier alpha value is -2.34. The van der Waals surface area contributed by atoms with E-state index in [1.54, 1.807) is 29.5 Å². The fourth-order valence-corrected chi connectivity index (χ4v) is 3.27. The molecule has 2 heterocycles. The molecule has 0 bridgehead atoms. The van der Waals surface area contributed by atoms with Crippen LogP contribution in [-0.4, -0.2) is 24.9 Å². The summed E-state index contributed by atoms with van der Waals surface area (Å²) in [5, 5.41) is 2.84. The minimum absolute atomic E-state index is 0.0749. The molecule has 0 saturated carbocycles. The summed E-state index contributed by atoms with van der Waals surface area (Å²) in [6.45, 7) is 3.54. The smallest absolute Gasteiger partial charge is 0.220 e. The Morgan fingerprint density at radius 3 is 2.62 bits per heavy atom. The molecule has 3 rings (SSSR count). The zero-order valence-electron chi connectivity index (χ0n) is 13.5. The first-order valence-corrected chi connectivity index (χ1v) is 8.68. The van der Waals surface area contributed by atoms with Crippen molar-refractivity contribution in [3.05, 3.63) is 45.6 Å². The van der Waals surface area contributed by atoms with Crippen molar-refractivity contribution in [2.45, 2.75) is 26.3 Å². The highest BCUT2D eigenvalue weighted by Gasteiger charge is 2.15. The number of hydrogen-bond donors (Lipinski definition) is 1. The topological polar surface area (TPSA) is 64.6 Å². The molecule has 1 aliphatic heterocycles. The lowest BCUT2D eigenvalue weighted by Gasteiger charge is -2.18. The van der Waals surface area contributed by atoms with E-state index in [0.717, 1.165) is 4.88 Å². The maximum Gasteiger partial charge on any atom is 0.220 e. The first-order chi connectivity index (χ1) is 11.6. The van der Waals surface area contributed by atoms with Crippen molar-refractivity contribution in [1.82, 2.24) is 5.32 Å². The second-order valence-electron chi connectivity index (χ2n) is 5.57. The van der Waals surface area contributed by atoms with Crippen LogP contribution in [0.5, 0.6) is 11.5 Å². The van der Waals surface area contributed by atoms with Gasteiger partial charge in [-0.25, -0.2) is 0 Å². The van der Waals surface area contributed by atoms with Gasteiger partial charge < -0.3 is 14.8 Å². The van der Waals surface area contributed by atoms with Crippen molar-refractivity contribution >= 4 is 23.0 Å². The van der Waals surface area contributed by atoms with Crippen molar-refractivity contribution in [3.63, 3.8) is 0 Å². The molecule has 1 N–H and O–H groups in total. The van der Waals surface area contributed by atoms with Crippen LogP contribution in [0.1, 0.15) is 33.0 Å². The summed E-state index contributed by atoms with van der Waals surface area (Å²) < 4.78 is 10.9. The Balaban J connectivity index is 1.49. The molecule has 1 aromatic heterocycles. The van der Waals surface area contributed by atoms with Crippen molar-refractivity contribution in [2.75, 3.05) is 13.2 Å². The standard InChI is InChI=1S/C18H19NO4S/c1-12-2-4-14(24-12)11-19-18(21)7-5-15(20)13-3-6-16-17(10-13)23-9-8-22-16/h2-4,6,10H,5,7-9,11H2,1H3,(H,19,21). The van der Waals surface area contributed by atoms with Crippen molar-refractivity contribution in [1.29, 1.82) is 0 Å². The van der Waals surface area contributed by atoms with Crippen LogP contribution >= 0.6 is 11.3 Å². The van der Waals surface area contributed by atoms with Crippen LogP contribution in [0.2, 0.25) is 0 Å². The molecule has 126 valence electrons. The van der Waals surface area contributed by atoms with Crippen LogP contribution in [0.15, 0.2) is 30.3 Å². The van der Waals surface area contributed by atoms with E-state index in [2.05, 4.69) is 5.32 Å². The van der Waals surface area contributed by atoms with Gasteiger partial charge in [0.1, 0.15) is 13.2 Å². The van der Waals surface area contributed by atoms with E-state index in [9.17, 15) is 9.59 Å². The van der Waals surface area contributed by atoms with Gasteiger partial charge in [-0.15, -0.1) is 11.3 Å². The number of aryl methyl sites for hydroxylation is 1. The number of thiophene rings is 1. The van der Waals surface area contributed by atoms with E-state index in [4.69, 9.17) is 9.47 Å². The first kappa shape index (κ1) is 16.5. The van der Waals surface area contributed by atoms with Crippen molar-refractivity contribution in [3.8, 4) is 11.5 Å². The lowest BCUT2D eigenvalue weighted by atomic mass is 10.1. The predicted octanol–water partition coefficient (Wildman–Crippen LogP) is 3.11. The Labute approximate surface area is 144 Å². The summed E-state index contributed by atoms with van der Waals surface area (Å²) in [6.07, 6.45) is 0.354. The number of ether oxygens (including phenoxy) is 2. The van der Waals surface area contributed by atoms with Gasteiger partial charge in [-0.2, -0.15) is 0 Å². The molecule has 0 radical (unpaired) electrons.